The summed E-state index contributed by atoms with van der Waals surface area (Å²) in [7, 11) is 0. The molecule has 0 saturated carbocycles. The predicted octanol–water partition coefficient (Wildman–Crippen LogP) is 8.87. The second-order valence-corrected chi connectivity index (χ2v) is 9.63. The van der Waals surface area contributed by atoms with Crippen LogP contribution in [-0.2, 0) is 0 Å². The first-order chi connectivity index (χ1) is 13.7. The van der Waals surface area contributed by atoms with Crippen LogP contribution in [0.5, 0.6) is 0 Å². The van der Waals surface area contributed by atoms with Crippen LogP contribution in [0.25, 0.3) is 11.1 Å². The summed E-state index contributed by atoms with van der Waals surface area (Å²) in [6.45, 7) is 18.4. The van der Waals surface area contributed by atoms with Crippen molar-refractivity contribution in [1.29, 1.82) is 0 Å². The van der Waals surface area contributed by atoms with E-state index < -0.39 is 0 Å². The smallest absolute Gasteiger partial charge is 0.0616 e. The van der Waals surface area contributed by atoms with Crippen LogP contribution in [-0.4, -0.2) is 0 Å². The summed E-state index contributed by atoms with van der Waals surface area (Å²) in [5, 5.41) is 0. The summed E-state index contributed by atoms with van der Waals surface area (Å²) in [6, 6.07) is 13.7. The fraction of sp³-hybridized carbons (Fsp3) is 0.414. The van der Waals surface area contributed by atoms with Crippen molar-refractivity contribution in [2.75, 3.05) is 0 Å². The number of hydrogen-bond acceptors (Lipinski definition) is 0. The Labute approximate surface area is 178 Å². The molecule has 2 aromatic carbocycles. The molecule has 0 amide bonds. The van der Waals surface area contributed by atoms with Gasteiger partial charge in [0.05, 0.1) is 17.2 Å². The van der Waals surface area contributed by atoms with Gasteiger partial charge in [-0.3, -0.25) is 0 Å². The summed E-state index contributed by atoms with van der Waals surface area (Å²) in [5.74, 6) is 2.04. The lowest BCUT2D eigenvalue weighted by atomic mass is 9.83. The second-order valence-electron chi connectivity index (χ2n) is 9.63. The van der Waals surface area contributed by atoms with Crippen molar-refractivity contribution < 1.29 is 0 Å². The third-order valence-corrected chi connectivity index (χ3v) is 6.08. The Morgan fingerprint density at radius 2 is 0.931 bits per heavy atom. The molecule has 152 valence electrons. The first-order valence-corrected chi connectivity index (χ1v) is 11.2. The summed E-state index contributed by atoms with van der Waals surface area (Å²) in [5.41, 5.74) is 11.4. The highest BCUT2D eigenvalue weighted by Gasteiger charge is 2.29. The molecule has 0 bridgehead atoms. The average Bonchev–Trinajstić information content (AvgIpc) is 3.15. The monoisotopic (exact) mass is 385 g/mol. The van der Waals surface area contributed by atoms with Crippen LogP contribution < -0.4 is 0 Å². The summed E-state index contributed by atoms with van der Waals surface area (Å²) in [4.78, 5) is 0. The molecule has 0 radical (unpaired) electrons. The lowest BCUT2D eigenvalue weighted by molar-refractivity contribution is 0.827. The lowest BCUT2D eigenvalue weighted by Crippen LogP contribution is -2.03. The van der Waals surface area contributed by atoms with Gasteiger partial charge in [-0.2, -0.15) is 0 Å². The third-order valence-electron chi connectivity index (χ3n) is 6.08. The molecule has 1 aliphatic rings. The molecule has 3 rings (SSSR count). The van der Waals surface area contributed by atoms with Gasteiger partial charge in [-0.25, -0.2) is 0 Å². The van der Waals surface area contributed by atoms with Crippen molar-refractivity contribution in [3.05, 3.63) is 88.4 Å². The van der Waals surface area contributed by atoms with Gasteiger partial charge in [-0.1, -0.05) is 79.7 Å². The second kappa shape index (κ2) is 8.66. The highest BCUT2D eigenvalue weighted by molar-refractivity contribution is 5.96. The van der Waals surface area contributed by atoms with E-state index in [0.717, 1.165) is 0 Å². The molecule has 0 saturated heterocycles. The summed E-state index contributed by atoms with van der Waals surface area (Å²) in [6.07, 6.45) is 7.10. The minimum atomic E-state index is 0.510. The SMILES string of the molecule is CC(C)c1cccc(C(C)C)c1C1=C[CH+]C(c2c(C(C)C)cccc2C(C)C)=C1. The number of rotatable bonds is 6. The van der Waals surface area contributed by atoms with Crippen LogP contribution in [0.2, 0.25) is 0 Å². The molecule has 0 spiro atoms. The quantitative estimate of drug-likeness (QED) is 0.435. The van der Waals surface area contributed by atoms with Crippen LogP contribution in [0.1, 0.15) is 112 Å². The molecule has 0 fully saturated rings. The van der Waals surface area contributed by atoms with Gasteiger partial charge in [0.1, 0.15) is 5.57 Å². The molecular weight excluding hydrogens is 348 g/mol. The van der Waals surface area contributed by atoms with Crippen molar-refractivity contribution in [2.24, 2.45) is 0 Å². The van der Waals surface area contributed by atoms with E-state index in [1.165, 1.54) is 44.5 Å². The van der Waals surface area contributed by atoms with E-state index in [0.29, 0.717) is 23.7 Å². The van der Waals surface area contributed by atoms with Crippen LogP contribution in [0.4, 0.5) is 0 Å². The van der Waals surface area contributed by atoms with E-state index in [9.17, 15) is 0 Å². The van der Waals surface area contributed by atoms with Crippen molar-refractivity contribution >= 4 is 11.1 Å². The Kier molecular flexibility index (Phi) is 6.42. The molecule has 0 nitrogen and oxygen atoms in total. The number of hydrogen-bond donors (Lipinski definition) is 0. The molecule has 1 aliphatic carbocycles. The molecule has 0 unspecified atom stereocenters. The van der Waals surface area contributed by atoms with Gasteiger partial charge >= 0.3 is 0 Å². The van der Waals surface area contributed by atoms with E-state index >= 15 is 0 Å². The van der Waals surface area contributed by atoms with Gasteiger partial charge in [0.15, 0.2) is 0 Å². The van der Waals surface area contributed by atoms with E-state index in [4.69, 9.17) is 0 Å². The van der Waals surface area contributed by atoms with Crippen molar-refractivity contribution in [3.8, 4) is 0 Å². The van der Waals surface area contributed by atoms with Crippen molar-refractivity contribution in [1.82, 2.24) is 0 Å². The first-order valence-electron chi connectivity index (χ1n) is 11.2. The summed E-state index contributed by atoms with van der Waals surface area (Å²) >= 11 is 0. The van der Waals surface area contributed by atoms with Crippen molar-refractivity contribution in [3.63, 3.8) is 0 Å². The first kappa shape index (κ1) is 21.5. The van der Waals surface area contributed by atoms with E-state index in [-0.39, 0.29) is 0 Å². The topological polar surface area (TPSA) is 0 Å². The minimum absolute atomic E-state index is 0.510. The molecule has 0 heteroatoms. The predicted molar refractivity (Wildman–Crippen MR) is 129 cm³/mol. The van der Waals surface area contributed by atoms with Crippen LogP contribution in [0.3, 0.4) is 0 Å². The Bertz CT molecular complexity index is 880. The Balaban J connectivity index is 2.17. The molecule has 0 atom stereocenters. The Hall–Kier alpha value is -2.21. The highest BCUT2D eigenvalue weighted by atomic mass is 14.3. The van der Waals surface area contributed by atoms with Gasteiger partial charge in [0.25, 0.3) is 0 Å². The van der Waals surface area contributed by atoms with Crippen LogP contribution in [0.15, 0.2) is 48.6 Å². The fourth-order valence-corrected chi connectivity index (χ4v) is 4.52. The molecule has 2 aromatic rings. The molecule has 0 aliphatic heterocycles. The Morgan fingerprint density at radius 3 is 1.31 bits per heavy atom. The fourth-order valence-electron chi connectivity index (χ4n) is 4.52. The van der Waals surface area contributed by atoms with Gasteiger partial charge in [0, 0.05) is 29.2 Å². The minimum Gasteiger partial charge on any atom is -0.0616 e. The highest BCUT2D eigenvalue weighted by Crippen LogP contribution is 2.42. The maximum Gasteiger partial charge on any atom is 0.114 e. The van der Waals surface area contributed by atoms with Gasteiger partial charge in [-0.05, 0) is 46.9 Å². The molecular formula is C29H37+. The summed E-state index contributed by atoms with van der Waals surface area (Å²) < 4.78 is 0. The molecule has 0 aromatic heterocycles. The number of allylic oxidation sites excluding steroid dienone is 4. The molecule has 0 N–H and O–H groups in total. The third kappa shape index (κ3) is 4.22. The standard InChI is InChI=1S/C29H37/c1-18(2)24-11-9-12-25(19(3)4)28(24)22-15-16-23(17-22)29-26(20(5)6)13-10-14-27(29)21(7)8/h9-21H,1-8H3/q+1. The normalized spacial score (nSPS) is 14.1. The van der Waals surface area contributed by atoms with E-state index in [2.05, 4.69) is 110 Å². The zero-order valence-electron chi connectivity index (χ0n) is 19.5. The molecule has 29 heavy (non-hydrogen) atoms. The van der Waals surface area contributed by atoms with Crippen LogP contribution in [0, 0.1) is 6.42 Å². The zero-order chi connectivity index (χ0) is 21.3. The maximum absolute atomic E-state index is 2.43. The van der Waals surface area contributed by atoms with Crippen LogP contribution >= 0.6 is 0 Å². The van der Waals surface area contributed by atoms with E-state index in [1.54, 1.807) is 0 Å². The zero-order valence-corrected chi connectivity index (χ0v) is 19.5. The van der Waals surface area contributed by atoms with Gasteiger partial charge in [-0.15, -0.1) is 0 Å². The van der Waals surface area contributed by atoms with E-state index in [1.807, 2.05) is 0 Å². The van der Waals surface area contributed by atoms with Gasteiger partial charge < -0.3 is 0 Å². The Morgan fingerprint density at radius 1 is 0.552 bits per heavy atom. The van der Waals surface area contributed by atoms with Gasteiger partial charge in [0.2, 0.25) is 0 Å². The molecule has 0 heterocycles. The maximum atomic E-state index is 2.43. The average molecular weight is 386 g/mol. The largest absolute Gasteiger partial charge is 0.114 e. The number of benzene rings is 2. The lowest BCUT2D eigenvalue weighted by Gasteiger charge is -2.17. The van der Waals surface area contributed by atoms with Crippen molar-refractivity contribution in [2.45, 2.75) is 79.1 Å².